The lowest BCUT2D eigenvalue weighted by atomic mass is 9.85. The number of ketones is 1. The molecular formula is C33H37N3O3+2. The lowest BCUT2D eigenvalue weighted by molar-refractivity contribution is -0.919. The summed E-state index contributed by atoms with van der Waals surface area (Å²) in [5.74, 6) is 2.16. The number of ether oxygens (including phenoxy) is 2. The van der Waals surface area contributed by atoms with Crippen LogP contribution in [0.1, 0.15) is 40.7 Å². The average molecular weight is 524 g/mol. The monoisotopic (exact) mass is 523 g/mol. The molecule has 200 valence electrons. The molecule has 39 heavy (non-hydrogen) atoms. The summed E-state index contributed by atoms with van der Waals surface area (Å²) >= 11 is 0. The number of hydrogen-bond donors (Lipinski definition) is 2. The minimum Gasteiger partial charge on any atom is -0.493 e. The van der Waals surface area contributed by atoms with Crippen LogP contribution in [0.4, 0.5) is 5.69 Å². The van der Waals surface area contributed by atoms with Crippen molar-refractivity contribution in [1.29, 1.82) is 0 Å². The number of methoxy groups -OCH3 is 1. The Balaban J connectivity index is 1.11. The highest BCUT2D eigenvalue weighted by atomic mass is 16.5. The van der Waals surface area contributed by atoms with Gasteiger partial charge < -0.3 is 20.1 Å². The van der Waals surface area contributed by atoms with E-state index in [1.807, 2.05) is 53.2 Å². The van der Waals surface area contributed by atoms with Crippen LogP contribution >= 0.6 is 0 Å². The summed E-state index contributed by atoms with van der Waals surface area (Å²) in [4.78, 5) is 15.0. The van der Waals surface area contributed by atoms with Crippen LogP contribution in [-0.2, 0) is 19.7 Å². The number of likely N-dealkylation sites (tertiary alicyclic amines) is 1. The number of quaternary nitrogens is 1. The molecular weight excluding hydrogens is 486 g/mol. The molecule has 0 amide bonds. The second-order valence-corrected chi connectivity index (χ2v) is 11.1. The average Bonchev–Trinajstić information content (AvgIpc) is 3.26. The maximum Gasteiger partial charge on any atom is 0.292 e. The first kappa shape index (κ1) is 25.4. The fraction of sp³-hybridized carbons (Fsp3) is 0.333. The number of Topliss-reactive ketones (excluding diaryl/α,β-unsaturated/α-hetero) is 1. The van der Waals surface area contributed by atoms with Gasteiger partial charge in [0.15, 0.2) is 23.5 Å². The summed E-state index contributed by atoms with van der Waals surface area (Å²) < 4.78 is 13.9. The normalized spacial score (nSPS) is 20.6. The third kappa shape index (κ3) is 5.34. The molecule has 0 spiro atoms. The van der Waals surface area contributed by atoms with E-state index < -0.39 is 0 Å². The lowest BCUT2D eigenvalue weighted by Gasteiger charge is -2.30. The van der Waals surface area contributed by atoms with Gasteiger partial charge in [0.1, 0.15) is 12.2 Å². The summed E-state index contributed by atoms with van der Waals surface area (Å²) in [6.45, 7) is 3.74. The van der Waals surface area contributed by atoms with Crippen molar-refractivity contribution in [3.63, 3.8) is 0 Å². The first-order chi connectivity index (χ1) is 19.1. The third-order valence-electron chi connectivity index (χ3n) is 8.51. The molecule has 4 aromatic rings. The first-order valence-electron chi connectivity index (χ1n) is 14.0. The second-order valence-electron chi connectivity index (χ2n) is 11.1. The minimum absolute atomic E-state index is 0.0490. The van der Waals surface area contributed by atoms with Crippen molar-refractivity contribution >= 4 is 22.4 Å². The van der Waals surface area contributed by atoms with E-state index in [0.717, 1.165) is 41.4 Å². The molecule has 2 heterocycles. The number of carbonyl (C=O) groups is 1. The van der Waals surface area contributed by atoms with Gasteiger partial charge in [0.25, 0.3) is 6.73 Å². The van der Waals surface area contributed by atoms with Crippen LogP contribution in [0, 0.1) is 11.8 Å². The van der Waals surface area contributed by atoms with E-state index in [1.54, 1.807) is 12.0 Å². The summed E-state index contributed by atoms with van der Waals surface area (Å²) in [6.07, 6.45) is 6.08. The molecule has 1 fully saturated rings. The Kier molecular flexibility index (Phi) is 7.20. The number of rotatable bonds is 8. The number of fused-ring (bicyclic) bond motifs is 2. The van der Waals surface area contributed by atoms with Crippen LogP contribution in [0.2, 0.25) is 0 Å². The highest BCUT2D eigenvalue weighted by Gasteiger charge is 2.35. The fourth-order valence-electron chi connectivity index (χ4n) is 6.44. The number of benzene rings is 3. The molecule has 0 saturated carbocycles. The zero-order valence-electron chi connectivity index (χ0n) is 22.6. The van der Waals surface area contributed by atoms with Crippen molar-refractivity contribution in [3.8, 4) is 11.5 Å². The smallest absolute Gasteiger partial charge is 0.292 e. The van der Waals surface area contributed by atoms with E-state index in [-0.39, 0.29) is 11.7 Å². The van der Waals surface area contributed by atoms with Gasteiger partial charge in [0.05, 0.1) is 20.2 Å². The Morgan fingerprint density at radius 1 is 0.974 bits per heavy atom. The van der Waals surface area contributed by atoms with Gasteiger partial charge in [0, 0.05) is 28.5 Å². The van der Waals surface area contributed by atoms with Crippen molar-refractivity contribution in [1.82, 2.24) is 0 Å². The van der Waals surface area contributed by atoms with E-state index >= 15 is 0 Å². The number of carbonyl (C=O) groups excluding carboxylic acids is 1. The van der Waals surface area contributed by atoms with Gasteiger partial charge in [-0.25, -0.2) is 0 Å². The van der Waals surface area contributed by atoms with Crippen molar-refractivity contribution in [3.05, 3.63) is 95.7 Å². The van der Waals surface area contributed by atoms with Crippen molar-refractivity contribution in [2.75, 3.05) is 25.9 Å². The Labute approximate surface area is 230 Å². The van der Waals surface area contributed by atoms with Crippen LogP contribution < -0.4 is 24.7 Å². The van der Waals surface area contributed by atoms with E-state index in [0.29, 0.717) is 29.8 Å². The topological polar surface area (TPSA) is 69.9 Å². The summed E-state index contributed by atoms with van der Waals surface area (Å²) in [5, 5.41) is 1.06. The fourth-order valence-corrected chi connectivity index (χ4v) is 6.44. The zero-order chi connectivity index (χ0) is 26.8. The van der Waals surface area contributed by atoms with Crippen LogP contribution in [0.15, 0.2) is 79.0 Å². The van der Waals surface area contributed by atoms with E-state index in [2.05, 4.69) is 30.3 Å². The molecule has 1 unspecified atom stereocenters. The predicted molar refractivity (Wildman–Crippen MR) is 152 cm³/mol. The van der Waals surface area contributed by atoms with Crippen LogP contribution in [0.25, 0.3) is 10.9 Å². The van der Waals surface area contributed by atoms with Gasteiger partial charge in [-0.15, -0.1) is 0 Å². The SMILES string of the molecule is COc1cc2c(cc1OC[n+]1cccc3cccc(N)c31)CC(CC1CC[NH+](Cc3ccccc3)CC1)C2=O. The van der Waals surface area contributed by atoms with Gasteiger partial charge in [-0.05, 0) is 67.5 Å². The molecule has 6 rings (SSSR count). The maximum atomic E-state index is 13.4. The van der Waals surface area contributed by atoms with Gasteiger partial charge in [-0.2, -0.15) is 4.57 Å². The highest BCUT2D eigenvalue weighted by Crippen LogP contribution is 2.39. The largest absolute Gasteiger partial charge is 0.493 e. The highest BCUT2D eigenvalue weighted by molar-refractivity contribution is 6.03. The zero-order valence-corrected chi connectivity index (χ0v) is 22.6. The molecule has 1 saturated heterocycles. The summed E-state index contributed by atoms with van der Waals surface area (Å²) in [7, 11) is 1.63. The molecule has 0 bridgehead atoms. The number of hydrogen-bond acceptors (Lipinski definition) is 4. The minimum atomic E-state index is 0.0490. The molecule has 6 nitrogen and oxygen atoms in total. The first-order valence-corrected chi connectivity index (χ1v) is 14.0. The van der Waals surface area contributed by atoms with Crippen molar-refractivity contribution in [2.45, 2.75) is 39.0 Å². The molecule has 6 heteroatoms. The summed E-state index contributed by atoms with van der Waals surface area (Å²) in [6, 6.07) is 24.6. The van der Waals surface area contributed by atoms with Gasteiger partial charge in [-0.3, -0.25) is 4.79 Å². The Bertz CT molecular complexity index is 1470. The van der Waals surface area contributed by atoms with Gasteiger partial charge in [-0.1, -0.05) is 36.4 Å². The second kappa shape index (κ2) is 11.1. The number of nitrogens with two attached hydrogens (primary N) is 1. The number of nitrogen functional groups attached to an aromatic ring is 1. The Morgan fingerprint density at radius 2 is 1.77 bits per heavy atom. The molecule has 1 aliphatic heterocycles. The molecule has 3 N–H and O–H groups in total. The van der Waals surface area contributed by atoms with E-state index in [4.69, 9.17) is 15.2 Å². The van der Waals surface area contributed by atoms with Gasteiger partial charge >= 0.3 is 0 Å². The number of nitrogens with zero attached hydrogens (tertiary/aromatic N) is 1. The molecule has 2 aliphatic rings. The van der Waals surface area contributed by atoms with E-state index in [9.17, 15) is 4.79 Å². The Morgan fingerprint density at radius 3 is 2.56 bits per heavy atom. The number of pyridine rings is 1. The maximum absolute atomic E-state index is 13.4. The van der Waals surface area contributed by atoms with Crippen molar-refractivity contribution in [2.24, 2.45) is 11.8 Å². The number of anilines is 1. The Hall–Kier alpha value is -3.90. The third-order valence-corrected chi connectivity index (χ3v) is 8.51. The van der Waals surface area contributed by atoms with E-state index in [1.165, 1.54) is 31.5 Å². The number of aromatic nitrogens is 1. The van der Waals surface area contributed by atoms with Crippen LogP contribution in [-0.4, -0.2) is 26.0 Å². The van der Waals surface area contributed by atoms with Crippen LogP contribution in [0.5, 0.6) is 11.5 Å². The number of para-hydroxylation sites is 1. The number of nitrogens with one attached hydrogen (secondary N) is 1. The van der Waals surface area contributed by atoms with Crippen molar-refractivity contribution < 1.29 is 23.7 Å². The summed E-state index contributed by atoms with van der Waals surface area (Å²) in [5.41, 5.74) is 11.2. The van der Waals surface area contributed by atoms with Gasteiger partial charge in [0.2, 0.25) is 5.52 Å². The quantitative estimate of drug-likeness (QED) is 0.271. The molecule has 3 aromatic carbocycles. The lowest BCUT2D eigenvalue weighted by Crippen LogP contribution is -3.11. The molecule has 1 aliphatic carbocycles. The predicted octanol–water partition coefficient (Wildman–Crippen LogP) is 3.99. The molecule has 1 atom stereocenters. The molecule has 0 radical (unpaired) electrons. The molecule has 1 aromatic heterocycles. The number of piperidine rings is 1. The van der Waals surface area contributed by atoms with Crippen LogP contribution in [0.3, 0.4) is 0 Å². The standard InChI is InChI=1S/C33H36N3O3/c1-38-30-20-28-26(19-31(30)39-22-36-14-6-10-25-9-5-11-29(34)32(25)36)18-27(33(28)37)17-23-12-15-35(16-13-23)21-24-7-3-2-4-8-24/h2-11,14,19-20,23,27H,12-13,15-18,21-22,34H2,1H3/q+1/p+1.